The number of aliphatic hydroxyl groups excluding tert-OH is 1. The number of amides is 12. The number of aliphatic hydroxyl groups is 1. The van der Waals surface area contributed by atoms with E-state index < -0.39 is 204 Å². The molecule has 0 saturated carbocycles. The van der Waals surface area contributed by atoms with Gasteiger partial charge in [0.05, 0.1) is 31.9 Å². The first-order valence-electron chi connectivity index (χ1n) is 29.5. The first-order chi connectivity index (χ1) is 43.3. The van der Waals surface area contributed by atoms with Gasteiger partial charge >= 0.3 is 11.9 Å². The number of phenols is 1. The maximum Gasteiger partial charge on any atom is 0.305 e. The molecular weight excluding hydrogens is 1230 g/mol. The first-order valence-corrected chi connectivity index (χ1v) is 31.2. The number of likely N-dealkylation sites (tertiary alicyclic amines) is 1. The second-order valence-corrected chi connectivity index (χ2v) is 24.1. The number of carbonyl (C=O) groups is 15. The Kier molecular flexibility index (Phi) is 31.5. The largest absolute Gasteiger partial charge is 0.508 e. The Bertz CT molecular complexity index is 2990. The van der Waals surface area contributed by atoms with E-state index in [-0.39, 0.29) is 63.0 Å². The lowest BCUT2D eigenvalue weighted by Crippen LogP contribution is -2.61. The Morgan fingerprint density at radius 2 is 1.23 bits per heavy atom. The molecule has 508 valence electrons. The summed E-state index contributed by atoms with van der Waals surface area (Å²) in [7, 11) is -1.54. The lowest BCUT2D eigenvalue weighted by Gasteiger charge is -2.33. The molecule has 2 aromatic rings. The number of nitrogens with one attached hydrogen (secondary N) is 11. The number of aromatic hydroxyl groups is 1. The minimum absolute atomic E-state index is 0.00731. The number of nitrogens with two attached hydrogens (primary N) is 1. The van der Waals surface area contributed by atoms with Crippen molar-refractivity contribution in [2.75, 3.05) is 31.7 Å². The number of rotatable bonds is 39. The van der Waals surface area contributed by atoms with Gasteiger partial charge in [0.15, 0.2) is 0 Å². The van der Waals surface area contributed by atoms with E-state index in [4.69, 9.17) is 5.73 Å². The number of hydrogen-bond acceptors (Lipinski definition) is 19. The van der Waals surface area contributed by atoms with Crippen molar-refractivity contribution in [1.82, 2.24) is 68.0 Å². The van der Waals surface area contributed by atoms with Crippen LogP contribution >= 0.6 is 0 Å². The van der Waals surface area contributed by atoms with Gasteiger partial charge in [-0.05, 0) is 61.6 Å². The van der Waals surface area contributed by atoms with Crippen LogP contribution in [0.3, 0.4) is 0 Å². The van der Waals surface area contributed by atoms with Crippen LogP contribution in [0.15, 0.2) is 36.8 Å². The average Bonchev–Trinajstić information content (AvgIpc) is 1.66. The molecule has 1 aliphatic rings. The van der Waals surface area contributed by atoms with Crippen LogP contribution in [0.25, 0.3) is 0 Å². The fourth-order valence-corrected chi connectivity index (χ4v) is 9.99. The maximum absolute atomic E-state index is 14.4. The van der Waals surface area contributed by atoms with Crippen LogP contribution in [-0.2, 0) is 95.6 Å². The van der Waals surface area contributed by atoms with Crippen molar-refractivity contribution in [2.24, 2.45) is 17.6 Å². The molecule has 92 heavy (non-hydrogen) atoms. The van der Waals surface area contributed by atoms with Crippen molar-refractivity contribution in [1.29, 1.82) is 0 Å². The summed E-state index contributed by atoms with van der Waals surface area (Å²) < 4.78 is 12.3. The summed E-state index contributed by atoms with van der Waals surface area (Å²) in [4.78, 5) is 206. The van der Waals surface area contributed by atoms with Crippen LogP contribution in [0.2, 0.25) is 0 Å². The molecule has 1 aromatic heterocycles. The first kappa shape index (κ1) is 76.8. The number of hydrogen-bond donors (Lipinski definition) is 16. The van der Waals surface area contributed by atoms with Gasteiger partial charge < -0.3 is 89.2 Å². The second-order valence-electron chi connectivity index (χ2n) is 22.5. The quantitative estimate of drug-likeness (QED) is 0.0278. The third-order valence-corrected chi connectivity index (χ3v) is 15.1. The molecule has 3 rings (SSSR count). The molecule has 35 heteroatoms. The molecule has 1 aromatic carbocycles. The number of H-pyrrole nitrogens is 1. The van der Waals surface area contributed by atoms with Crippen LogP contribution in [0, 0.1) is 11.8 Å². The monoisotopic (exact) mass is 1320 g/mol. The van der Waals surface area contributed by atoms with E-state index in [2.05, 4.69) is 63.1 Å². The third kappa shape index (κ3) is 25.5. The van der Waals surface area contributed by atoms with Crippen molar-refractivity contribution in [2.45, 2.75) is 166 Å². The van der Waals surface area contributed by atoms with E-state index in [0.717, 1.165) is 6.92 Å². The van der Waals surface area contributed by atoms with Gasteiger partial charge in [-0.2, -0.15) is 0 Å². The van der Waals surface area contributed by atoms with Crippen molar-refractivity contribution < 1.29 is 96.6 Å². The number of ketones is 1. The Morgan fingerprint density at radius 1 is 0.674 bits per heavy atom. The van der Waals surface area contributed by atoms with Crippen LogP contribution in [0.1, 0.15) is 104 Å². The summed E-state index contributed by atoms with van der Waals surface area (Å²) in [6.45, 7) is 7.12. The highest BCUT2D eigenvalue weighted by Crippen LogP contribution is 2.22. The fourth-order valence-electron chi connectivity index (χ4n) is 9.42. The predicted octanol–water partition coefficient (Wildman–Crippen LogP) is -5.34. The van der Waals surface area contributed by atoms with E-state index in [1.807, 2.05) is 0 Å². The average molecular weight is 1320 g/mol. The van der Waals surface area contributed by atoms with Gasteiger partial charge in [-0.1, -0.05) is 53.2 Å². The number of primary amides is 1. The van der Waals surface area contributed by atoms with E-state index in [0.29, 0.717) is 11.3 Å². The van der Waals surface area contributed by atoms with Gasteiger partial charge in [0.1, 0.15) is 60.1 Å². The molecule has 1 fully saturated rings. The van der Waals surface area contributed by atoms with E-state index in [1.165, 1.54) is 61.8 Å². The van der Waals surface area contributed by atoms with Gasteiger partial charge in [-0.25, -0.2) is 4.98 Å². The molecule has 5 unspecified atom stereocenters. The minimum atomic E-state index is -1.66. The molecule has 1 saturated heterocycles. The van der Waals surface area contributed by atoms with Crippen LogP contribution in [-0.4, -0.2) is 220 Å². The molecule has 11 atom stereocenters. The number of aromatic nitrogens is 2. The van der Waals surface area contributed by atoms with Crippen molar-refractivity contribution in [3.8, 4) is 5.75 Å². The van der Waals surface area contributed by atoms with Crippen molar-refractivity contribution in [3.63, 3.8) is 0 Å². The van der Waals surface area contributed by atoms with Gasteiger partial charge in [-0.3, -0.25) is 76.1 Å². The topological polar surface area (TPSA) is 532 Å². The Hall–Kier alpha value is -9.41. The third-order valence-electron chi connectivity index (χ3n) is 14.3. The lowest BCUT2D eigenvalue weighted by atomic mass is 9.98. The molecule has 12 amide bonds. The number of carboxylic acids is 2. The number of benzene rings is 1. The fraction of sp³-hybridized carbons (Fsp3) is 0.579. The van der Waals surface area contributed by atoms with Crippen molar-refractivity contribution in [3.05, 3.63) is 48.0 Å². The number of Topliss-reactive ketones (excluding diaryl/α,β-unsaturated/α-hetero) is 1. The number of carbonyl (C=O) groups excluding carboxylic acids is 13. The van der Waals surface area contributed by atoms with Gasteiger partial charge in [0.25, 0.3) is 5.91 Å². The molecule has 2 heterocycles. The van der Waals surface area contributed by atoms with Gasteiger partial charge in [-0.15, -0.1) is 0 Å². The van der Waals surface area contributed by atoms with Gasteiger partial charge in [0, 0.05) is 67.4 Å². The highest BCUT2D eigenvalue weighted by molar-refractivity contribution is 7.84. The highest BCUT2D eigenvalue weighted by Gasteiger charge is 2.42. The number of phenolic OH excluding ortho intramolecular Hbond substituents is 1. The molecular formula is C57H84N14O20S. The summed E-state index contributed by atoms with van der Waals surface area (Å²) in [5.41, 5.74) is 6.04. The summed E-state index contributed by atoms with van der Waals surface area (Å²) in [6, 6.07) is -9.38. The second kappa shape index (κ2) is 37.7. The van der Waals surface area contributed by atoms with E-state index >= 15 is 0 Å². The number of imidazole rings is 1. The molecule has 0 bridgehead atoms. The normalized spacial score (nSPS) is 16.0. The zero-order valence-electron chi connectivity index (χ0n) is 52.0. The number of nitrogens with zero attached hydrogens (tertiary/aromatic N) is 2. The van der Waals surface area contributed by atoms with Gasteiger partial charge in [0.2, 0.25) is 70.8 Å². The molecule has 34 nitrogen and oxygen atoms in total. The van der Waals surface area contributed by atoms with E-state index in [1.54, 1.807) is 20.8 Å². The predicted molar refractivity (Wildman–Crippen MR) is 323 cm³/mol. The zero-order valence-corrected chi connectivity index (χ0v) is 52.8. The SMILES string of the molecule is CCC[C@@H](NC(=O)C1CCCN1C(=O)[C@@H](NC(=O)[C@@H](NC(=O)[C@H](CCC(=O)O)NC(=O)[C@H](CC(=O)O)NC(C)=O)C(C)C)C(C)C)C(=O)C(=O)NCC(=O)NC(CCS(C)=O)C(=O)NC(Cc1cnc[nH]1)C(=O)N[C@H](Cc1ccc(O)cc1)C(=O)NC(CO)C(N)=O. The van der Waals surface area contributed by atoms with Crippen molar-refractivity contribution >= 4 is 99.4 Å². The molecule has 0 aliphatic carbocycles. The minimum Gasteiger partial charge on any atom is -0.508 e. The highest BCUT2D eigenvalue weighted by atomic mass is 32.2. The summed E-state index contributed by atoms with van der Waals surface area (Å²) in [5, 5.41) is 62.0. The van der Waals surface area contributed by atoms with Crippen LogP contribution in [0.4, 0.5) is 0 Å². The van der Waals surface area contributed by atoms with Crippen LogP contribution < -0.4 is 58.9 Å². The standard InChI is InChI=1S/C57H84N14O20S/c1-8-10-34(64-54(87)41-11-9-19-71(41)57(90)46(29(4)5)70-55(88)45(28(2)3)69-50(83)35(16-17-43(76)77)65-53(86)39(23-44(78)79)62-30(6)73)47(80)56(89)60-25-42(75)63-36(18-20-92(7)91)49(82)67-38(22-32-24-59-27-61-32)52(85)66-37(21-31-12-14-33(74)15-13-31)51(84)68-40(26-72)48(58)81/h12-15,24,27-29,34-41,45-46,72,74H,8-11,16-23,25-26H2,1-7H3,(H2,58,81)(H,59,61)(H,60,89)(H,62,73)(H,63,75)(H,64,87)(H,65,86)(H,66,85)(H,67,82)(H,68,84)(H,69,83)(H,70,88)(H,76,77)(H,78,79)/t34-,35+,36?,37-,38?,39+,40?,41?,45+,46+,92?/m1/s1. The van der Waals surface area contributed by atoms with Crippen LogP contribution in [0.5, 0.6) is 5.75 Å². The Labute approximate surface area is 531 Å². The smallest absolute Gasteiger partial charge is 0.305 e. The number of carboxylic acid groups (broad SMARTS) is 2. The molecule has 17 N–H and O–H groups in total. The summed E-state index contributed by atoms with van der Waals surface area (Å²) >= 11 is 0. The Balaban J connectivity index is 1.76. The number of aliphatic carboxylic acids is 2. The van der Waals surface area contributed by atoms with E-state index in [9.17, 15) is 96.6 Å². The Morgan fingerprint density at radius 3 is 1.76 bits per heavy atom. The summed E-state index contributed by atoms with van der Waals surface area (Å²) in [5.74, 6) is -17.5. The molecule has 0 spiro atoms. The lowest BCUT2D eigenvalue weighted by molar-refractivity contribution is -0.144. The molecule has 0 radical (unpaired) electrons. The zero-order chi connectivity index (χ0) is 69.1. The molecule has 1 aliphatic heterocycles. The summed E-state index contributed by atoms with van der Waals surface area (Å²) in [6.07, 6.45) is 1.57. The maximum atomic E-state index is 14.4. The number of aromatic amines is 1.